The summed E-state index contributed by atoms with van der Waals surface area (Å²) in [7, 11) is 0. The van der Waals surface area contributed by atoms with E-state index in [9.17, 15) is 5.11 Å². The number of aromatic nitrogens is 1. The molecule has 0 saturated heterocycles. The summed E-state index contributed by atoms with van der Waals surface area (Å²) in [5.74, 6) is 0.626. The molecule has 106 valence electrons. The van der Waals surface area contributed by atoms with E-state index in [1.165, 1.54) is 10.5 Å². The van der Waals surface area contributed by atoms with E-state index in [1.807, 2.05) is 42.6 Å². The summed E-state index contributed by atoms with van der Waals surface area (Å²) in [6.45, 7) is 2.09. The molecule has 0 spiro atoms. The van der Waals surface area contributed by atoms with Crippen molar-refractivity contribution < 1.29 is 5.11 Å². The Hall–Kier alpha value is -1.84. The molecule has 3 aromatic rings. The monoisotopic (exact) mass is 295 g/mol. The molecule has 0 aliphatic rings. The van der Waals surface area contributed by atoms with E-state index in [-0.39, 0.29) is 0 Å². The normalized spacial score (nSPS) is 12.5. The largest absolute Gasteiger partial charge is 0.387 e. The number of aliphatic hydroxyl groups excluding tert-OH is 1. The van der Waals surface area contributed by atoms with Gasteiger partial charge >= 0.3 is 0 Å². The van der Waals surface area contributed by atoms with Crippen molar-refractivity contribution in [2.45, 2.75) is 17.9 Å². The molecule has 1 atom stereocenters. The molecule has 3 heteroatoms. The van der Waals surface area contributed by atoms with E-state index in [2.05, 4.69) is 24.0 Å². The SMILES string of the molecule is Cc1ccccc1SCC(O)c1cncc2ccccc12. The lowest BCUT2D eigenvalue weighted by Crippen LogP contribution is -2.02. The van der Waals surface area contributed by atoms with Gasteiger partial charge < -0.3 is 5.11 Å². The van der Waals surface area contributed by atoms with E-state index in [1.54, 1.807) is 18.0 Å². The third-order valence-corrected chi connectivity index (χ3v) is 4.80. The second-order valence-corrected chi connectivity index (χ2v) is 6.10. The first-order valence-electron chi connectivity index (χ1n) is 6.95. The minimum atomic E-state index is -0.520. The van der Waals surface area contributed by atoms with Crippen molar-refractivity contribution >= 4 is 22.5 Å². The predicted molar refractivity (Wildman–Crippen MR) is 88.6 cm³/mol. The quantitative estimate of drug-likeness (QED) is 0.726. The van der Waals surface area contributed by atoms with Gasteiger partial charge in [-0.2, -0.15) is 0 Å². The Labute approximate surface area is 128 Å². The molecule has 2 nitrogen and oxygen atoms in total. The van der Waals surface area contributed by atoms with Crippen molar-refractivity contribution in [1.29, 1.82) is 0 Å². The molecule has 1 N–H and O–H groups in total. The molecule has 0 fully saturated rings. The molecule has 1 unspecified atom stereocenters. The highest BCUT2D eigenvalue weighted by Crippen LogP contribution is 2.29. The highest BCUT2D eigenvalue weighted by molar-refractivity contribution is 7.99. The molecule has 0 radical (unpaired) electrons. The van der Waals surface area contributed by atoms with Crippen molar-refractivity contribution in [3.63, 3.8) is 0 Å². The molecule has 2 aromatic carbocycles. The molecular weight excluding hydrogens is 278 g/mol. The fourth-order valence-electron chi connectivity index (χ4n) is 2.38. The van der Waals surface area contributed by atoms with Gasteiger partial charge in [-0.05, 0) is 23.9 Å². The van der Waals surface area contributed by atoms with Crippen LogP contribution >= 0.6 is 11.8 Å². The van der Waals surface area contributed by atoms with Crippen LogP contribution in [0.5, 0.6) is 0 Å². The van der Waals surface area contributed by atoms with Gasteiger partial charge in [0.1, 0.15) is 0 Å². The third kappa shape index (κ3) is 3.09. The van der Waals surface area contributed by atoms with E-state index >= 15 is 0 Å². The Kier molecular flexibility index (Phi) is 4.23. The molecule has 0 aliphatic carbocycles. The number of fused-ring (bicyclic) bond motifs is 1. The molecular formula is C18H17NOS. The minimum Gasteiger partial charge on any atom is -0.387 e. The first-order valence-corrected chi connectivity index (χ1v) is 7.93. The number of aryl methyl sites for hydroxylation is 1. The standard InChI is InChI=1S/C18H17NOS/c1-13-6-2-5-9-18(13)21-12-17(20)16-11-19-10-14-7-3-4-8-15(14)16/h2-11,17,20H,12H2,1H3. The number of thioether (sulfide) groups is 1. The Morgan fingerprint density at radius 2 is 1.81 bits per heavy atom. The van der Waals surface area contributed by atoms with Crippen LogP contribution in [0.3, 0.4) is 0 Å². The maximum absolute atomic E-state index is 10.5. The molecule has 0 aliphatic heterocycles. The Morgan fingerprint density at radius 1 is 1.05 bits per heavy atom. The highest BCUT2D eigenvalue weighted by Gasteiger charge is 2.12. The van der Waals surface area contributed by atoms with E-state index in [0.717, 1.165) is 16.3 Å². The van der Waals surface area contributed by atoms with Gasteiger partial charge in [-0.1, -0.05) is 42.5 Å². The van der Waals surface area contributed by atoms with Gasteiger partial charge in [0.2, 0.25) is 0 Å². The van der Waals surface area contributed by atoms with Gasteiger partial charge in [0, 0.05) is 34.0 Å². The second-order valence-electron chi connectivity index (χ2n) is 5.04. The number of hydrogen-bond acceptors (Lipinski definition) is 3. The van der Waals surface area contributed by atoms with Gasteiger partial charge in [0.25, 0.3) is 0 Å². The Balaban J connectivity index is 1.81. The summed E-state index contributed by atoms with van der Waals surface area (Å²) >= 11 is 1.68. The van der Waals surface area contributed by atoms with Crippen LogP contribution in [0.1, 0.15) is 17.2 Å². The van der Waals surface area contributed by atoms with Crippen molar-refractivity contribution in [3.8, 4) is 0 Å². The van der Waals surface area contributed by atoms with E-state index < -0.39 is 6.10 Å². The fourth-order valence-corrected chi connectivity index (χ4v) is 3.37. The van der Waals surface area contributed by atoms with Gasteiger partial charge in [0.15, 0.2) is 0 Å². The van der Waals surface area contributed by atoms with Crippen molar-refractivity contribution in [2.75, 3.05) is 5.75 Å². The van der Waals surface area contributed by atoms with Crippen molar-refractivity contribution in [2.24, 2.45) is 0 Å². The zero-order valence-corrected chi connectivity index (χ0v) is 12.7. The number of pyridine rings is 1. The Morgan fingerprint density at radius 3 is 2.67 bits per heavy atom. The van der Waals surface area contributed by atoms with Crippen LogP contribution in [0.4, 0.5) is 0 Å². The topological polar surface area (TPSA) is 33.1 Å². The smallest absolute Gasteiger partial charge is 0.0904 e. The lowest BCUT2D eigenvalue weighted by atomic mass is 10.0. The number of aliphatic hydroxyl groups is 1. The lowest BCUT2D eigenvalue weighted by molar-refractivity contribution is 0.205. The maximum Gasteiger partial charge on any atom is 0.0904 e. The zero-order valence-electron chi connectivity index (χ0n) is 11.9. The summed E-state index contributed by atoms with van der Waals surface area (Å²) in [5.41, 5.74) is 2.14. The number of rotatable bonds is 4. The predicted octanol–water partition coefficient (Wildman–Crippen LogP) is 4.37. The minimum absolute atomic E-state index is 0.520. The van der Waals surface area contributed by atoms with Crippen LogP contribution in [-0.4, -0.2) is 15.8 Å². The van der Waals surface area contributed by atoms with Gasteiger partial charge in [-0.25, -0.2) is 0 Å². The molecule has 1 heterocycles. The van der Waals surface area contributed by atoms with E-state index in [4.69, 9.17) is 0 Å². The lowest BCUT2D eigenvalue weighted by Gasteiger charge is -2.13. The number of benzene rings is 2. The Bertz CT molecular complexity index is 752. The molecule has 3 rings (SSSR count). The summed E-state index contributed by atoms with van der Waals surface area (Å²) in [6, 6.07) is 16.3. The summed E-state index contributed by atoms with van der Waals surface area (Å²) in [5, 5.41) is 12.6. The van der Waals surface area contributed by atoms with E-state index in [0.29, 0.717) is 5.75 Å². The average Bonchev–Trinajstić information content (AvgIpc) is 2.53. The number of hydrogen-bond donors (Lipinski definition) is 1. The summed E-state index contributed by atoms with van der Waals surface area (Å²) in [4.78, 5) is 5.45. The highest BCUT2D eigenvalue weighted by atomic mass is 32.2. The number of nitrogens with zero attached hydrogens (tertiary/aromatic N) is 1. The van der Waals surface area contributed by atoms with Crippen molar-refractivity contribution in [3.05, 3.63) is 72.1 Å². The molecule has 0 amide bonds. The maximum atomic E-state index is 10.5. The first kappa shape index (κ1) is 14.1. The van der Waals surface area contributed by atoms with Crippen LogP contribution in [0.2, 0.25) is 0 Å². The molecule has 0 saturated carbocycles. The van der Waals surface area contributed by atoms with Crippen molar-refractivity contribution in [1.82, 2.24) is 4.98 Å². The molecule has 21 heavy (non-hydrogen) atoms. The average molecular weight is 295 g/mol. The third-order valence-electron chi connectivity index (χ3n) is 3.55. The first-order chi connectivity index (χ1) is 10.3. The van der Waals surface area contributed by atoms with Gasteiger partial charge in [-0.15, -0.1) is 11.8 Å². The second kappa shape index (κ2) is 6.29. The molecule has 0 bridgehead atoms. The van der Waals surface area contributed by atoms with Crippen LogP contribution in [-0.2, 0) is 0 Å². The van der Waals surface area contributed by atoms with Crippen LogP contribution in [0.15, 0.2) is 65.8 Å². The van der Waals surface area contributed by atoms with Gasteiger partial charge in [0.05, 0.1) is 6.10 Å². The summed E-state index contributed by atoms with van der Waals surface area (Å²) in [6.07, 6.45) is 3.08. The van der Waals surface area contributed by atoms with Gasteiger partial charge in [-0.3, -0.25) is 4.98 Å². The fraction of sp³-hybridized carbons (Fsp3) is 0.167. The van der Waals surface area contributed by atoms with Crippen LogP contribution in [0, 0.1) is 6.92 Å². The summed E-state index contributed by atoms with van der Waals surface area (Å²) < 4.78 is 0. The van der Waals surface area contributed by atoms with Crippen LogP contribution in [0.25, 0.3) is 10.8 Å². The van der Waals surface area contributed by atoms with Crippen LogP contribution < -0.4 is 0 Å². The zero-order chi connectivity index (χ0) is 14.7. The molecule has 1 aromatic heterocycles.